The van der Waals surface area contributed by atoms with Crippen molar-refractivity contribution in [2.24, 2.45) is 0 Å². The van der Waals surface area contributed by atoms with Gasteiger partial charge in [0.2, 0.25) is 11.8 Å². The van der Waals surface area contributed by atoms with E-state index in [1.807, 2.05) is 17.9 Å². The van der Waals surface area contributed by atoms with Crippen molar-refractivity contribution in [1.82, 2.24) is 34.4 Å². The number of carbonyl (C=O) groups excluding carboxylic acids is 2. The highest BCUT2D eigenvalue weighted by atomic mass is 32.1. The van der Waals surface area contributed by atoms with Crippen LogP contribution >= 0.6 is 11.3 Å². The van der Waals surface area contributed by atoms with Crippen molar-refractivity contribution in [3.05, 3.63) is 82.9 Å². The van der Waals surface area contributed by atoms with Crippen molar-refractivity contribution >= 4 is 33.2 Å². The summed E-state index contributed by atoms with van der Waals surface area (Å²) in [6.45, 7) is 7.81. The number of pyridine rings is 2. The van der Waals surface area contributed by atoms with Gasteiger partial charge in [0, 0.05) is 81.1 Å². The molecule has 0 saturated heterocycles. The number of methoxy groups -OCH3 is 1. The second kappa shape index (κ2) is 14.7. The highest BCUT2D eigenvalue weighted by molar-refractivity contribution is 7.17. The van der Waals surface area contributed by atoms with Gasteiger partial charge in [0.15, 0.2) is 0 Å². The van der Waals surface area contributed by atoms with Gasteiger partial charge >= 0.3 is 0 Å². The summed E-state index contributed by atoms with van der Waals surface area (Å²) in [5.41, 5.74) is 3.89. The van der Waals surface area contributed by atoms with Gasteiger partial charge in [-0.05, 0) is 37.1 Å². The molecule has 5 aromatic rings. The number of ether oxygens (including phenoxy) is 2. The van der Waals surface area contributed by atoms with Crippen molar-refractivity contribution in [3.8, 4) is 39.5 Å². The van der Waals surface area contributed by atoms with Crippen LogP contribution in [0.1, 0.15) is 29.9 Å². The first-order valence-corrected chi connectivity index (χ1v) is 18.0. The van der Waals surface area contributed by atoms with Crippen LogP contribution in [-0.4, -0.2) is 100 Å². The minimum absolute atomic E-state index is 0.00391. The molecule has 4 aromatic heterocycles. The number of benzene rings is 1. The molecule has 11 nitrogen and oxygen atoms in total. The molecule has 7 rings (SSSR count). The second-order valence-electron chi connectivity index (χ2n) is 13.2. The Morgan fingerprint density at radius 3 is 2.62 bits per heavy atom. The van der Waals surface area contributed by atoms with Gasteiger partial charge < -0.3 is 19.3 Å². The van der Waals surface area contributed by atoms with Crippen LogP contribution in [0.25, 0.3) is 43.9 Å². The summed E-state index contributed by atoms with van der Waals surface area (Å²) < 4.78 is 60.4. The quantitative estimate of drug-likeness (QED) is 0.129. The summed E-state index contributed by atoms with van der Waals surface area (Å²) in [4.78, 5) is 40.2. The largest absolute Gasteiger partial charge is 0.490 e. The number of rotatable bonds is 10. The molecule has 2 aliphatic rings. The molecule has 0 fully saturated rings. The van der Waals surface area contributed by atoms with Gasteiger partial charge in [-0.3, -0.25) is 24.2 Å². The Labute approximate surface area is 308 Å². The summed E-state index contributed by atoms with van der Waals surface area (Å²) >= 11 is 1.11. The Bertz CT molecular complexity index is 2250. The van der Waals surface area contributed by atoms with Crippen LogP contribution in [0.2, 0.25) is 0 Å². The van der Waals surface area contributed by atoms with E-state index in [4.69, 9.17) is 24.5 Å². The van der Waals surface area contributed by atoms with Crippen molar-refractivity contribution in [3.63, 3.8) is 0 Å². The van der Waals surface area contributed by atoms with Gasteiger partial charge in [-0.25, -0.2) is 18.2 Å². The van der Waals surface area contributed by atoms with E-state index < -0.39 is 17.5 Å². The minimum Gasteiger partial charge on any atom is -0.490 e. The lowest BCUT2D eigenvalue weighted by molar-refractivity contribution is -0.130. The maximum atomic E-state index is 16.3. The molecular weight excluding hydrogens is 708 g/mol. The van der Waals surface area contributed by atoms with Gasteiger partial charge in [0.1, 0.15) is 41.2 Å². The summed E-state index contributed by atoms with van der Waals surface area (Å²) in [5, 5.41) is 6.27. The van der Waals surface area contributed by atoms with E-state index in [1.165, 1.54) is 18.6 Å². The first-order valence-electron chi connectivity index (χ1n) is 17.1. The molecule has 0 N–H and O–H groups in total. The first kappa shape index (κ1) is 36.2. The lowest BCUT2D eigenvalue weighted by Gasteiger charge is -2.33. The molecule has 2 amide bonds. The third-order valence-electron chi connectivity index (χ3n) is 9.71. The maximum absolute atomic E-state index is 16.3. The molecule has 2 aliphatic heterocycles. The zero-order valence-electron chi connectivity index (χ0n) is 29.8. The topological polar surface area (TPSA) is 106 Å². The number of hydrogen-bond acceptors (Lipinski definition) is 9. The van der Waals surface area contributed by atoms with Crippen LogP contribution in [0.3, 0.4) is 0 Å². The van der Waals surface area contributed by atoms with Crippen LogP contribution in [-0.2, 0) is 33.8 Å². The average molecular weight is 746 g/mol. The molecular formula is C38H38F3N7O4S. The summed E-state index contributed by atoms with van der Waals surface area (Å²) in [5.74, 6) is -2.82. The van der Waals surface area contributed by atoms with Crippen molar-refractivity contribution in [2.75, 3.05) is 54.1 Å². The number of thiophene rings is 1. The van der Waals surface area contributed by atoms with Gasteiger partial charge in [-0.2, -0.15) is 5.10 Å². The molecule has 15 heteroatoms. The van der Waals surface area contributed by atoms with Crippen LogP contribution < -0.4 is 4.74 Å². The van der Waals surface area contributed by atoms with Crippen molar-refractivity contribution in [1.29, 1.82) is 0 Å². The third-order valence-corrected chi connectivity index (χ3v) is 10.7. The lowest BCUT2D eigenvalue weighted by atomic mass is 9.94. The van der Waals surface area contributed by atoms with E-state index in [0.29, 0.717) is 59.9 Å². The molecule has 0 aliphatic carbocycles. The number of likely N-dealkylation sites (N-methyl/N-ethyl adjacent to an activating group) is 1. The fraction of sp³-hybridized carbons (Fsp3) is 0.342. The zero-order chi connectivity index (χ0) is 37.6. The Morgan fingerprint density at radius 1 is 1.06 bits per heavy atom. The maximum Gasteiger partial charge on any atom is 0.246 e. The van der Waals surface area contributed by atoms with Gasteiger partial charge in [0.05, 0.1) is 53.1 Å². The average Bonchev–Trinajstić information content (AvgIpc) is 3.75. The van der Waals surface area contributed by atoms with Gasteiger partial charge in [0.25, 0.3) is 0 Å². The highest BCUT2D eigenvalue weighted by Gasteiger charge is 2.32. The van der Waals surface area contributed by atoms with Gasteiger partial charge in [-0.15, -0.1) is 11.3 Å². The predicted molar refractivity (Wildman–Crippen MR) is 195 cm³/mol. The molecule has 53 heavy (non-hydrogen) atoms. The van der Waals surface area contributed by atoms with E-state index in [-0.39, 0.29) is 65.6 Å². The summed E-state index contributed by atoms with van der Waals surface area (Å²) in [6, 6.07) is 5.15. The minimum atomic E-state index is -0.965. The number of fused-ring (bicyclic) bond motifs is 3. The number of hydrogen-bond donors (Lipinski definition) is 0. The van der Waals surface area contributed by atoms with Crippen LogP contribution in [0.5, 0.6) is 5.75 Å². The fourth-order valence-corrected chi connectivity index (χ4v) is 7.88. The van der Waals surface area contributed by atoms with Crippen LogP contribution in [0.15, 0.2) is 48.5 Å². The van der Waals surface area contributed by atoms with Crippen LogP contribution in [0, 0.1) is 17.5 Å². The molecule has 0 bridgehead atoms. The van der Waals surface area contributed by atoms with Crippen LogP contribution in [0.4, 0.5) is 13.2 Å². The second-order valence-corrected chi connectivity index (χ2v) is 14.1. The number of halogens is 3. The molecule has 0 spiro atoms. The molecule has 0 radical (unpaired) electrons. The van der Waals surface area contributed by atoms with E-state index >= 15 is 8.78 Å². The Balaban J connectivity index is 1.43. The predicted octanol–water partition coefficient (Wildman–Crippen LogP) is 5.87. The molecule has 276 valence electrons. The lowest BCUT2D eigenvalue weighted by Crippen LogP contribution is -2.40. The molecule has 6 heterocycles. The zero-order valence-corrected chi connectivity index (χ0v) is 30.6. The normalized spacial score (nSPS) is 15.7. The Kier molecular flexibility index (Phi) is 10.1. The first-order chi connectivity index (χ1) is 25.5. The summed E-state index contributed by atoms with van der Waals surface area (Å²) in [7, 11) is 4.93. The van der Waals surface area contributed by atoms with Crippen molar-refractivity contribution < 1.29 is 32.2 Å². The van der Waals surface area contributed by atoms with E-state index in [2.05, 4.69) is 6.58 Å². The van der Waals surface area contributed by atoms with E-state index in [0.717, 1.165) is 34.7 Å². The summed E-state index contributed by atoms with van der Waals surface area (Å²) in [6.07, 6.45) is 3.58. The molecule has 0 unspecified atom stereocenters. The van der Waals surface area contributed by atoms with E-state index in [9.17, 15) is 14.0 Å². The fourth-order valence-electron chi connectivity index (χ4n) is 6.95. The van der Waals surface area contributed by atoms with E-state index in [1.54, 1.807) is 40.8 Å². The third kappa shape index (κ3) is 6.80. The number of aromatic nitrogens is 4. The monoisotopic (exact) mass is 745 g/mol. The molecule has 1 aromatic carbocycles. The number of carbonyl (C=O) groups is 2. The number of nitrogens with zero attached hydrogens (tertiary/aromatic N) is 7. The van der Waals surface area contributed by atoms with Crippen molar-refractivity contribution in [2.45, 2.75) is 32.5 Å². The Hall–Kier alpha value is -5.12. The standard InChI is InChI=1S/C38H38F3N7O4S/c1-6-31(49)47-9-10-48-29(21(47)2)16-27(44-48)37-35(33-25(40)14-24(39)15-30(33)52-12-11-51-5)34-26(41)20-53-38(34)36(43-37)23-13-22-7-8-46(18-28(22)42-17-23)19-32(50)45(3)4/h6,13-17,20-21H,1,7-12,18-19H2,2-5H3/t21-/m1/s1. The van der Waals surface area contributed by atoms with Gasteiger partial charge in [-0.1, -0.05) is 6.58 Å². The number of amides is 2. The smallest absolute Gasteiger partial charge is 0.246 e. The highest BCUT2D eigenvalue weighted by Crippen LogP contribution is 2.48. The Morgan fingerprint density at radius 2 is 1.87 bits per heavy atom. The molecule has 0 saturated carbocycles. The molecule has 1 atom stereocenters. The SMILES string of the molecule is C=CC(=O)N1CCn2nc(-c3nc(-c4cnc5c(c4)CCN(CC(=O)N(C)C)C5)c4scc(F)c4c3-c3c(F)cc(F)cc3OCCOC)cc2[C@H]1C.